The van der Waals surface area contributed by atoms with E-state index in [4.69, 9.17) is 5.73 Å². The number of nitrogens with two attached hydrogens (primary N) is 1. The van der Waals surface area contributed by atoms with E-state index in [1.54, 1.807) is 0 Å². The van der Waals surface area contributed by atoms with Crippen LogP contribution in [0, 0.1) is 23.7 Å². The first kappa shape index (κ1) is 11.0. The molecule has 4 unspecified atom stereocenters. The molecule has 1 fully saturated rings. The molecule has 2 N–H and O–H groups in total. The summed E-state index contributed by atoms with van der Waals surface area (Å²) in [6, 6.07) is 0.468. The Hall–Kier alpha value is -0.0400. The Morgan fingerprint density at radius 2 is 1.92 bits per heavy atom. The van der Waals surface area contributed by atoms with E-state index in [0.29, 0.717) is 6.04 Å². The van der Waals surface area contributed by atoms with Gasteiger partial charge >= 0.3 is 0 Å². The Labute approximate surface area is 83.1 Å². The fraction of sp³-hybridized carbons (Fsp3) is 1.00. The van der Waals surface area contributed by atoms with Gasteiger partial charge in [0.15, 0.2) is 0 Å². The largest absolute Gasteiger partial charge is 0.327 e. The van der Waals surface area contributed by atoms with E-state index in [9.17, 15) is 0 Å². The van der Waals surface area contributed by atoms with Gasteiger partial charge in [-0.1, -0.05) is 34.1 Å². The number of hydrogen-bond acceptors (Lipinski definition) is 1. The summed E-state index contributed by atoms with van der Waals surface area (Å²) in [5.41, 5.74) is 6.14. The monoisotopic (exact) mass is 183 g/mol. The topological polar surface area (TPSA) is 26.0 Å². The Kier molecular flexibility index (Phi) is 3.78. The smallest absolute Gasteiger partial charge is 0.00698 e. The van der Waals surface area contributed by atoms with Crippen molar-refractivity contribution in [3.8, 4) is 0 Å². The van der Waals surface area contributed by atoms with E-state index in [1.165, 1.54) is 19.3 Å². The Bertz CT molecular complexity index is 153. The summed E-state index contributed by atoms with van der Waals surface area (Å²) < 4.78 is 0. The fourth-order valence-electron chi connectivity index (χ4n) is 2.95. The van der Waals surface area contributed by atoms with Gasteiger partial charge < -0.3 is 5.73 Å². The summed E-state index contributed by atoms with van der Waals surface area (Å²) in [4.78, 5) is 0. The summed E-state index contributed by atoms with van der Waals surface area (Å²) in [5, 5.41) is 0. The summed E-state index contributed by atoms with van der Waals surface area (Å²) in [5.74, 6) is 3.35. The highest BCUT2D eigenvalue weighted by Gasteiger charge is 2.33. The molecule has 1 nitrogen and oxygen atoms in total. The summed E-state index contributed by atoms with van der Waals surface area (Å²) in [6.07, 6.45) is 3.86. The summed E-state index contributed by atoms with van der Waals surface area (Å²) in [7, 11) is 0. The van der Waals surface area contributed by atoms with Crippen molar-refractivity contribution in [2.45, 2.75) is 53.0 Å². The van der Waals surface area contributed by atoms with Gasteiger partial charge in [0.2, 0.25) is 0 Å². The predicted octanol–water partition coefficient (Wildman–Crippen LogP) is 3.04. The van der Waals surface area contributed by atoms with Crippen molar-refractivity contribution in [3.05, 3.63) is 0 Å². The van der Waals surface area contributed by atoms with Gasteiger partial charge in [-0.05, 0) is 36.5 Å². The lowest BCUT2D eigenvalue weighted by Crippen LogP contribution is -2.41. The fourth-order valence-corrected chi connectivity index (χ4v) is 2.95. The van der Waals surface area contributed by atoms with Crippen molar-refractivity contribution < 1.29 is 0 Å². The van der Waals surface area contributed by atoms with Crippen LogP contribution in [-0.2, 0) is 0 Å². The molecule has 78 valence electrons. The third-order valence-electron chi connectivity index (χ3n) is 3.94. The molecule has 0 aromatic carbocycles. The highest BCUT2D eigenvalue weighted by Crippen LogP contribution is 2.38. The third kappa shape index (κ3) is 2.46. The zero-order chi connectivity index (χ0) is 10.0. The minimum absolute atomic E-state index is 0.468. The van der Waals surface area contributed by atoms with Gasteiger partial charge in [0.1, 0.15) is 0 Å². The molecule has 1 saturated carbocycles. The maximum Gasteiger partial charge on any atom is 0.00698 e. The first-order valence-electron chi connectivity index (χ1n) is 5.81. The molecule has 13 heavy (non-hydrogen) atoms. The van der Waals surface area contributed by atoms with Crippen molar-refractivity contribution >= 4 is 0 Å². The van der Waals surface area contributed by atoms with Crippen LogP contribution in [0.2, 0.25) is 0 Å². The second kappa shape index (κ2) is 4.45. The van der Waals surface area contributed by atoms with E-state index in [2.05, 4.69) is 27.7 Å². The second-order valence-corrected chi connectivity index (χ2v) is 5.19. The highest BCUT2D eigenvalue weighted by atomic mass is 14.7. The van der Waals surface area contributed by atoms with Gasteiger partial charge in [0.05, 0.1) is 0 Å². The van der Waals surface area contributed by atoms with Crippen LogP contribution >= 0.6 is 0 Å². The molecule has 0 bridgehead atoms. The van der Waals surface area contributed by atoms with Crippen molar-refractivity contribution in [3.63, 3.8) is 0 Å². The molecule has 0 saturated heterocycles. The van der Waals surface area contributed by atoms with Crippen LogP contribution in [0.5, 0.6) is 0 Å². The summed E-state index contributed by atoms with van der Waals surface area (Å²) in [6.45, 7) is 9.35. The van der Waals surface area contributed by atoms with Crippen LogP contribution in [0.4, 0.5) is 0 Å². The van der Waals surface area contributed by atoms with Crippen LogP contribution in [0.1, 0.15) is 47.0 Å². The quantitative estimate of drug-likeness (QED) is 0.699. The molecule has 0 aromatic rings. The Morgan fingerprint density at radius 1 is 1.31 bits per heavy atom. The SMILES string of the molecule is CCC1CC(C(C)C)C(C)CC1N. The van der Waals surface area contributed by atoms with Crippen LogP contribution in [0.25, 0.3) is 0 Å². The Morgan fingerprint density at radius 3 is 2.38 bits per heavy atom. The van der Waals surface area contributed by atoms with Crippen molar-refractivity contribution in [2.24, 2.45) is 29.4 Å². The van der Waals surface area contributed by atoms with Crippen molar-refractivity contribution in [1.29, 1.82) is 0 Å². The lowest BCUT2D eigenvalue weighted by molar-refractivity contribution is 0.125. The average Bonchev–Trinajstić information content (AvgIpc) is 2.03. The van der Waals surface area contributed by atoms with Gasteiger partial charge in [-0.3, -0.25) is 0 Å². The molecular weight excluding hydrogens is 158 g/mol. The van der Waals surface area contributed by atoms with E-state index in [0.717, 1.165) is 23.7 Å². The maximum absolute atomic E-state index is 6.14. The number of rotatable bonds is 2. The van der Waals surface area contributed by atoms with E-state index >= 15 is 0 Å². The molecule has 0 amide bonds. The van der Waals surface area contributed by atoms with Gasteiger partial charge in [-0.25, -0.2) is 0 Å². The third-order valence-corrected chi connectivity index (χ3v) is 3.94. The number of hydrogen-bond donors (Lipinski definition) is 1. The zero-order valence-electron chi connectivity index (χ0n) is 9.59. The first-order valence-corrected chi connectivity index (χ1v) is 5.81. The molecule has 1 heteroatoms. The molecule has 1 rings (SSSR count). The summed E-state index contributed by atoms with van der Waals surface area (Å²) >= 11 is 0. The van der Waals surface area contributed by atoms with E-state index in [1.807, 2.05) is 0 Å². The Balaban J connectivity index is 2.58. The van der Waals surface area contributed by atoms with Crippen molar-refractivity contribution in [1.82, 2.24) is 0 Å². The van der Waals surface area contributed by atoms with Crippen LogP contribution < -0.4 is 5.73 Å². The molecule has 1 aliphatic carbocycles. The second-order valence-electron chi connectivity index (χ2n) is 5.19. The van der Waals surface area contributed by atoms with Crippen LogP contribution in [-0.4, -0.2) is 6.04 Å². The molecule has 4 atom stereocenters. The lowest BCUT2D eigenvalue weighted by atomic mass is 9.67. The molecular formula is C12H25N. The van der Waals surface area contributed by atoms with Crippen molar-refractivity contribution in [2.75, 3.05) is 0 Å². The van der Waals surface area contributed by atoms with Gasteiger partial charge in [0.25, 0.3) is 0 Å². The molecule has 0 aliphatic heterocycles. The maximum atomic E-state index is 6.14. The van der Waals surface area contributed by atoms with Crippen LogP contribution in [0.15, 0.2) is 0 Å². The first-order chi connectivity index (χ1) is 6.06. The molecule has 1 aliphatic rings. The molecule has 0 heterocycles. The predicted molar refractivity (Wildman–Crippen MR) is 58.5 cm³/mol. The highest BCUT2D eigenvalue weighted by molar-refractivity contribution is 4.86. The normalized spacial score (nSPS) is 41.1. The standard InChI is InChI=1S/C12H25N/c1-5-10-7-11(8(2)3)9(4)6-12(10)13/h8-12H,5-7,13H2,1-4H3. The van der Waals surface area contributed by atoms with E-state index < -0.39 is 0 Å². The van der Waals surface area contributed by atoms with Crippen LogP contribution in [0.3, 0.4) is 0 Å². The molecule has 0 aromatic heterocycles. The van der Waals surface area contributed by atoms with E-state index in [-0.39, 0.29) is 0 Å². The molecule has 0 radical (unpaired) electrons. The minimum Gasteiger partial charge on any atom is -0.327 e. The van der Waals surface area contributed by atoms with Gasteiger partial charge in [-0.15, -0.1) is 0 Å². The zero-order valence-corrected chi connectivity index (χ0v) is 9.59. The minimum atomic E-state index is 0.468. The lowest BCUT2D eigenvalue weighted by Gasteiger charge is -2.40. The molecule has 0 spiro atoms. The van der Waals surface area contributed by atoms with Gasteiger partial charge in [0, 0.05) is 6.04 Å². The van der Waals surface area contributed by atoms with Gasteiger partial charge in [-0.2, -0.15) is 0 Å². The average molecular weight is 183 g/mol.